The van der Waals surface area contributed by atoms with Crippen molar-refractivity contribution in [1.82, 2.24) is 4.98 Å². The largest absolute Gasteiger partial charge is 0.261 e. The number of nitrogens with zero attached hydrogens (tertiary/aromatic N) is 1. The highest BCUT2D eigenvalue weighted by molar-refractivity contribution is 6.31. The standard InChI is InChI=1S/C8H10ClN/c1-3-8-6(2)7(9)4-5-10-8/h4-5H,3H2,1-2H3. The Morgan fingerprint density at radius 2 is 2.30 bits per heavy atom. The molecule has 0 atom stereocenters. The molecule has 0 aliphatic heterocycles. The van der Waals surface area contributed by atoms with E-state index in [1.807, 2.05) is 13.0 Å². The zero-order valence-electron chi connectivity index (χ0n) is 6.19. The highest BCUT2D eigenvalue weighted by atomic mass is 35.5. The number of rotatable bonds is 1. The summed E-state index contributed by atoms with van der Waals surface area (Å²) in [5.41, 5.74) is 2.19. The van der Waals surface area contributed by atoms with Crippen molar-refractivity contribution in [3.63, 3.8) is 0 Å². The number of hydrogen-bond acceptors (Lipinski definition) is 1. The SMILES string of the molecule is CCc1nccc(Cl)c1C. The van der Waals surface area contributed by atoms with Gasteiger partial charge in [0.15, 0.2) is 0 Å². The fourth-order valence-electron chi connectivity index (χ4n) is 0.909. The monoisotopic (exact) mass is 155 g/mol. The van der Waals surface area contributed by atoms with E-state index in [1.165, 1.54) is 0 Å². The number of aromatic nitrogens is 1. The third-order valence-electron chi connectivity index (χ3n) is 1.58. The predicted molar refractivity (Wildman–Crippen MR) is 43.4 cm³/mol. The minimum atomic E-state index is 0.812. The first-order valence-electron chi connectivity index (χ1n) is 3.35. The van der Waals surface area contributed by atoms with Crippen LogP contribution in [0.2, 0.25) is 5.02 Å². The molecule has 0 amide bonds. The highest BCUT2D eigenvalue weighted by Crippen LogP contribution is 2.16. The molecular formula is C8H10ClN. The van der Waals surface area contributed by atoms with Crippen molar-refractivity contribution in [2.24, 2.45) is 0 Å². The van der Waals surface area contributed by atoms with Crippen LogP contribution in [-0.2, 0) is 6.42 Å². The lowest BCUT2D eigenvalue weighted by molar-refractivity contribution is 1.01. The van der Waals surface area contributed by atoms with E-state index in [0.29, 0.717) is 0 Å². The van der Waals surface area contributed by atoms with Gasteiger partial charge in [-0.15, -0.1) is 0 Å². The smallest absolute Gasteiger partial charge is 0.0468 e. The molecule has 0 aromatic carbocycles. The third kappa shape index (κ3) is 1.29. The van der Waals surface area contributed by atoms with Gasteiger partial charge in [0.05, 0.1) is 0 Å². The van der Waals surface area contributed by atoms with Gasteiger partial charge in [-0.2, -0.15) is 0 Å². The Kier molecular flexibility index (Phi) is 2.28. The molecule has 2 heteroatoms. The number of halogens is 1. The van der Waals surface area contributed by atoms with Crippen molar-refractivity contribution in [3.05, 3.63) is 28.5 Å². The van der Waals surface area contributed by atoms with Crippen molar-refractivity contribution in [2.45, 2.75) is 20.3 Å². The quantitative estimate of drug-likeness (QED) is 0.608. The van der Waals surface area contributed by atoms with Crippen molar-refractivity contribution < 1.29 is 0 Å². The first kappa shape index (κ1) is 7.55. The minimum absolute atomic E-state index is 0.812. The molecule has 0 fully saturated rings. The second-order valence-electron chi connectivity index (χ2n) is 2.22. The number of hydrogen-bond donors (Lipinski definition) is 0. The van der Waals surface area contributed by atoms with Gasteiger partial charge in [0, 0.05) is 16.9 Å². The summed E-state index contributed by atoms with van der Waals surface area (Å²) in [5, 5.41) is 0.812. The van der Waals surface area contributed by atoms with Crippen LogP contribution in [0.4, 0.5) is 0 Å². The van der Waals surface area contributed by atoms with Crippen LogP contribution in [0, 0.1) is 6.92 Å². The van der Waals surface area contributed by atoms with E-state index in [4.69, 9.17) is 11.6 Å². The zero-order chi connectivity index (χ0) is 7.56. The summed E-state index contributed by atoms with van der Waals surface area (Å²) in [5.74, 6) is 0. The molecule has 0 aliphatic rings. The molecule has 0 unspecified atom stereocenters. The van der Waals surface area contributed by atoms with Crippen LogP contribution in [0.1, 0.15) is 18.2 Å². The van der Waals surface area contributed by atoms with Gasteiger partial charge >= 0.3 is 0 Å². The normalized spacial score (nSPS) is 9.90. The van der Waals surface area contributed by atoms with Gasteiger partial charge in [-0.3, -0.25) is 4.98 Å². The minimum Gasteiger partial charge on any atom is -0.261 e. The lowest BCUT2D eigenvalue weighted by atomic mass is 10.2. The molecule has 0 saturated heterocycles. The molecular weight excluding hydrogens is 146 g/mol. The van der Waals surface area contributed by atoms with Crippen molar-refractivity contribution in [2.75, 3.05) is 0 Å². The highest BCUT2D eigenvalue weighted by Gasteiger charge is 1.99. The van der Waals surface area contributed by atoms with Gasteiger partial charge in [0.1, 0.15) is 0 Å². The fraction of sp³-hybridized carbons (Fsp3) is 0.375. The Labute approximate surface area is 66.0 Å². The summed E-state index contributed by atoms with van der Waals surface area (Å²) in [6.07, 6.45) is 2.70. The summed E-state index contributed by atoms with van der Waals surface area (Å²) in [6.45, 7) is 4.07. The lowest BCUT2D eigenvalue weighted by Gasteiger charge is -2.01. The molecule has 10 heavy (non-hydrogen) atoms. The van der Waals surface area contributed by atoms with Crippen LogP contribution >= 0.6 is 11.6 Å². The maximum atomic E-state index is 5.85. The van der Waals surface area contributed by atoms with Crippen molar-refractivity contribution >= 4 is 11.6 Å². The van der Waals surface area contributed by atoms with Gasteiger partial charge < -0.3 is 0 Å². The first-order valence-corrected chi connectivity index (χ1v) is 3.73. The molecule has 1 nitrogen and oxygen atoms in total. The van der Waals surface area contributed by atoms with Crippen molar-refractivity contribution in [1.29, 1.82) is 0 Å². The van der Waals surface area contributed by atoms with E-state index in [9.17, 15) is 0 Å². The van der Waals surface area contributed by atoms with E-state index in [1.54, 1.807) is 6.20 Å². The van der Waals surface area contributed by atoms with Crippen LogP contribution in [0.5, 0.6) is 0 Å². The molecule has 1 heterocycles. The summed E-state index contributed by atoms with van der Waals surface area (Å²) in [6, 6.07) is 1.82. The number of pyridine rings is 1. The molecule has 1 aromatic rings. The second kappa shape index (κ2) is 3.02. The maximum Gasteiger partial charge on any atom is 0.0468 e. The summed E-state index contributed by atoms with van der Waals surface area (Å²) >= 11 is 5.85. The van der Waals surface area contributed by atoms with Gasteiger partial charge in [-0.1, -0.05) is 18.5 Å². The maximum absolute atomic E-state index is 5.85. The molecule has 1 rings (SSSR count). The first-order chi connectivity index (χ1) is 4.75. The van der Waals surface area contributed by atoms with E-state index in [-0.39, 0.29) is 0 Å². The van der Waals surface area contributed by atoms with E-state index in [0.717, 1.165) is 22.7 Å². The molecule has 0 spiro atoms. The summed E-state index contributed by atoms with van der Waals surface area (Å²) in [7, 11) is 0. The summed E-state index contributed by atoms with van der Waals surface area (Å²) in [4.78, 5) is 4.17. The molecule has 0 radical (unpaired) electrons. The van der Waals surface area contributed by atoms with Gasteiger partial charge in [0.25, 0.3) is 0 Å². The average Bonchev–Trinajstić information content (AvgIpc) is 1.95. The van der Waals surface area contributed by atoms with Gasteiger partial charge in [-0.25, -0.2) is 0 Å². The van der Waals surface area contributed by atoms with E-state index in [2.05, 4.69) is 11.9 Å². The van der Waals surface area contributed by atoms with Crippen LogP contribution in [-0.4, -0.2) is 4.98 Å². The molecule has 0 aliphatic carbocycles. The van der Waals surface area contributed by atoms with E-state index >= 15 is 0 Å². The molecule has 0 N–H and O–H groups in total. The van der Waals surface area contributed by atoms with Gasteiger partial charge in [0.2, 0.25) is 0 Å². The Bertz CT molecular complexity index is 233. The Morgan fingerprint density at radius 1 is 1.60 bits per heavy atom. The van der Waals surface area contributed by atoms with Crippen LogP contribution < -0.4 is 0 Å². The molecule has 1 aromatic heterocycles. The fourth-order valence-corrected chi connectivity index (χ4v) is 1.07. The molecule has 54 valence electrons. The Hall–Kier alpha value is -0.560. The van der Waals surface area contributed by atoms with Crippen molar-refractivity contribution in [3.8, 4) is 0 Å². The lowest BCUT2D eigenvalue weighted by Crippen LogP contribution is -1.90. The molecule has 0 bridgehead atoms. The topological polar surface area (TPSA) is 12.9 Å². The Balaban J connectivity index is 3.14. The Morgan fingerprint density at radius 3 is 2.80 bits per heavy atom. The van der Waals surface area contributed by atoms with Gasteiger partial charge in [-0.05, 0) is 25.0 Å². The average molecular weight is 156 g/mol. The zero-order valence-corrected chi connectivity index (χ0v) is 6.94. The van der Waals surface area contributed by atoms with Crippen LogP contribution in [0.3, 0.4) is 0 Å². The number of aryl methyl sites for hydroxylation is 1. The van der Waals surface area contributed by atoms with E-state index < -0.39 is 0 Å². The summed E-state index contributed by atoms with van der Waals surface area (Å²) < 4.78 is 0. The predicted octanol–water partition coefficient (Wildman–Crippen LogP) is 2.61. The van der Waals surface area contributed by atoms with Crippen LogP contribution in [0.25, 0.3) is 0 Å². The van der Waals surface area contributed by atoms with Crippen LogP contribution in [0.15, 0.2) is 12.3 Å². The second-order valence-corrected chi connectivity index (χ2v) is 2.63. The molecule has 0 saturated carbocycles. The third-order valence-corrected chi connectivity index (χ3v) is 1.99.